The second-order valence-electron chi connectivity index (χ2n) is 16.0. The van der Waals surface area contributed by atoms with E-state index in [9.17, 15) is 9.59 Å². The van der Waals surface area contributed by atoms with Crippen LogP contribution in [0.25, 0.3) is 66.6 Å². The second-order valence-corrected chi connectivity index (χ2v) is 21.7. The molecular formula is C44H52N10O5Si. The SMILES string of the molecule is COc1ccc2c(c1)c(-c1cc3nc(CNC(C)=O)cnc3[nH]1)cn2C.COc1ccc2c(c1)c(-c1cc3nc(CNC(C)=O)cnc3n1COCC[Si](C)(C)C)cn2C. The molecule has 6 heterocycles. The van der Waals surface area contributed by atoms with Crippen molar-refractivity contribution in [1.82, 2.24) is 49.3 Å². The number of carbonyl (C=O) groups is 2. The lowest BCUT2D eigenvalue weighted by atomic mass is 10.1. The number of nitrogens with one attached hydrogen (secondary N) is 3. The Kier molecular flexibility index (Phi) is 12.1. The maximum absolute atomic E-state index is 11.3. The fraction of sp³-hybridized carbons (Fsp3) is 0.318. The van der Waals surface area contributed by atoms with Crippen molar-refractivity contribution >= 4 is 64.0 Å². The minimum absolute atomic E-state index is 0.0913. The number of aromatic amines is 1. The van der Waals surface area contributed by atoms with Gasteiger partial charge in [0.1, 0.15) is 29.3 Å². The summed E-state index contributed by atoms with van der Waals surface area (Å²) < 4.78 is 23.3. The van der Waals surface area contributed by atoms with E-state index in [1.165, 1.54) is 13.8 Å². The van der Waals surface area contributed by atoms with Gasteiger partial charge in [0, 0.05) is 88.0 Å². The van der Waals surface area contributed by atoms with Crippen LogP contribution in [0.1, 0.15) is 25.2 Å². The molecule has 3 N–H and O–H groups in total. The van der Waals surface area contributed by atoms with E-state index < -0.39 is 8.07 Å². The van der Waals surface area contributed by atoms with Crippen molar-refractivity contribution in [3.8, 4) is 34.0 Å². The molecule has 8 rings (SSSR count). The first-order valence-electron chi connectivity index (χ1n) is 19.7. The van der Waals surface area contributed by atoms with Gasteiger partial charge in [0.2, 0.25) is 11.8 Å². The Bertz CT molecular complexity index is 2850. The first-order valence-corrected chi connectivity index (χ1v) is 23.5. The number of benzene rings is 2. The number of nitrogens with zero attached hydrogens (tertiary/aromatic N) is 7. The first-order chi connectivity index (χ1) is 28.7. The fourth-order valence-corrected chi connectivity index (χ4v) is 7.81. The van der Waals surface area contributed by atoms with Crippen molar-refractivity contribution in [3.05, 3.63) is 84.7 Å². The molecule has 0 spiro atoms. The monoisotopic (exact) mass is 828 g/mol. The molecule has 0 radical (unpaired) electrons. The van der Waals surface area contributed by atoms with Gasteiger partial charge in [-0.05, 0) is 54.6 Å². The highest BCUT2D eigenvalue weighted by Gasteiger charge is 2.20. The molecule has 312 valence electrons. The summed E-state index contributed by atoms with van der Waals surface area (Å²) in [4.78, 5) is 44.2. The van der Waals surface area contributed by atoms with E-state index in [2.05, 4.69) is 89.5 Å². The van der Waals surface area contributed by atoms with Crippen LogP contribution in [0.3, 0.4) is 0 Å². The summed E-state index contributed by atoms with van der Waals surface area (Å²) in [5.41, 5.74) is 10.7. The van der Waals surface area contributed by atoms with Gasteiger partial charge in [0.15, 0.2) is 11.3 Å². The molecule has 2 amide bonds. The smallest absolute Gasteiger partial charge is 0.217 e. The van der Waals surface area contributed by atoms with Crippen molar-refractivity contribution in [2.24, 2.45) is 14.1 Å². The molecule has 0 aliphatic rings. The van der Waals surface area contributed by atoms with Gasteiger partial charge in [-0.25, -0.2) is 19.9 Å². The largest absolute Gasteiger partial charge is 0.497 e. The minimum atomic E-state index is -1.19. The van der Waals surface area contributed by atoms with E-state index in [1.807, 2.05) is 44.4 Å². The minimum Gasteiger partial charge on any atom is -0.497 e. The maximum Gasteiger partial charge on any atom is 0.217 e. The van der Waals surface area contributed by atoms with Gasteiger partial charge in [0.05, 0.1) is 62.5 Å². The lowest BCUT2D eigenvalue weighted by molar-refractivity contribution is -0.120. The normalized spacial score (nSPS) is 11.6. The number of amides is 2. The zero-order chi connectivity index (χ0) is 42.7. The quantitative estimate of drug-likeness (QED) is 0.0798. The molecule has 0 atom stereocenters. The van der Waals surface area contributed by atoms with Crippen LogP contribution in [0.4, 0.5) is 0 Å². The number of aryl methyl sites for hydroxylation is 2. The number of hydrogen-bond donors (Lipinski definition) is 3. The summed E-state index contributed by atoms with van der Waals surface area (Å²) in [5, 5.41) is 7.71. The summed E-state index contributed by atoms with van der Waals surface area (Å²) in [6, 6.07) is 17.2. The molecule has 0 aliphatic heterocycles. The molecule has 2 aromatic carbocycles. The fourth-order valence-electron chi connectivity index (χ4n) is 7.05. The highest BCUT2D eigenvalue weighted by Crippen LogP contribution is 2.36. The van der Waals surface area contributed by atoms with Crippen molar-refractivity contribution < 1.29 is 23.8 Å². The van der Waals surface area contributed by atoms with Gasteiger partial charge < -0.3 is 39.0 Å². The van der Waals surface area contributed by atoms with Crippen LogP contribution < -0.4 is 20.1 Å². The van der Waals surface area contributed by atoms with Crippen LogP contribution in [0, 0.1) is 0 Å². The number of carbonyl (C=O) groups excluding carboxylic acids is 2. The third-order valence-corrected chi connectivity index (χ3v) is 11.9. The van der Waals surface area contributed by atoms with Gasteiger partial charge in [-0.2, -0.15) is 0 Å². The summed E-state index contributed by atoms with van der Waals surface area (Å²) in [6.45, 7) is 11.8. The van der Waals surface area contributed by atoms with E-state index in [-0.39, 0.29) is 11.8 Å². The summed E-state index contributed by atoms with van der Waals surface area (Å²) >= 11 is 0. The van der Waals surface area contributed by atoms with Crippen molar-refractivity contribution in [2.45, 2.75) is 59.4 Å². The molecule has 0 bridgehead atoms. The van der Waals surface area contributed by atoms with E-state index >= 15 is 0 Å². The predicted molar refractivity (Wildman–Crippen MR) is 237 cm³/mol. The maximum atomic E-state index is 11.3. The number of methoxy groups -OCH3 is 2. The van der Waals surface area contributed by atoms with Crippen LogP contribution in [-0.4, -0.2) is 79.3 Å². The highest BCUT2D eigenvalue weighted by atomic mass is 28.3. The Labute approximate surface area is 349 Å². The number of fused-ring (bicyclic) bond motifs is 4. The first kappa shape index (κ1) is 41.6. The Hall–Kier alpha value is -6.52. The number of ether oxygens (including phenoxy) is 3. The molecule has 15 nitrogen and oxygen atoms in total. The molecule has 8 aromatic rings. The van der Waals surface area contributed by atoms with Crippen LogP contribution in [0.5, 0.6) is 11.5 Å². The zero-order valence-corrected chi connectivity index (χ0v) is 36.6. The van der Waals surface area contributed by atoms with Crippen molar-refractivity contribution in [1.29, 1.82) is 0 Å². The number of aromatic nitrogens is 8. The molecular weight excluding hydrogens is 777 g/mol. The highest BCUT2D eigenvalue weighted by molar-refractivity contribution is 6.76. The summed E-state index contributed by atoms with van der Waals surface area (Å²) in [5.74, 6) is 1.43. The summed E-state index contributed by atoms with van der Waals surface area (Å²) in [7, 11) is 6.20. The van der Waals surface area contributed by atoms with Crippen LogP contribution in [-0.2, 0) is 48.2 Å². The van der Waals surface area contributed by atoms with Crippen molar-refractivity contribution in [2.75, 3.05) is 20.8 Å². The van der Waals surface area contributed by atoms with Crippen LogP contribution >= 0.6 is 0 Å². The van der Waals surface area contributed by atoms with Gasteiger partial charge in [0.25, 0.3) is 0 Å². The molecule has 0 unspecified atom stereocenters. The van der Waals surface area contributed by atoms with E-state index in [4.69, 9.17) is 24.2 Å². The van der Waals surface area contributed by atoms with E-state index in [0.717, 1.165) is 84.2 Å². The molecule has 60 heavy (non-hydrogen) atoms. The van der Waals surface area contributed by atoms with Gasteiger partial charge >= 0.3 is 0 Å². The lowest BCUT2D eigenvalue weighted by Crippen LogP contribution is -2.22. The lowest BCUT2D eigenvalue weighted by Gasteiger charge is -2.16. The standard InChI is InChI=1S/C25H33N5O3Si.C19H19N5O2/c1-17(31)26-13-18-14-27-25-22(28-18)12-24(30(25)16-33-9-10-34(4,5)6)21-15-29(2)23-8-7-19(32-3)11-20(21)23;1-11(25)20-8-12-9-21-19-17(22-12)7-16(23-19)15-10-24(2)18-5-4-13(26-3)6-14(15)18/h7-8,11-12,14-15H,9-10,13,16H2,1-6H3,(H,26,31);4-7,9-10H,8H2,1-3H3,(H,20,25)(H,21,23). The molecule has 16 heteroatoms. The van der Waals surface area contributed by atoms with Crippen molar-refractivity contribution in [3.63, 3.8) is 0 Å². The topological polar surface area (TPSA) is 168 Å². The Morgan fingerprint density at radius 3 is 1.90 bits per heavy atom. The number of H-pyrrole nitrogens is 1. The molecule has 0 saturated carbocycles. The van der Waals surface area contributed by atoms with Gasteiger partial charge in [-0.1, -0.05) is 19.6 Å². The Morgan fingerprint density at radius 2 is 1.32 bits per heavy atom. The molecule has 0 aliphatic carbocycles. The Morgan fingerprint density at radius 1 is 0.750 bits per heavy atom. The van der Waals surface area contributed by atoms with E-state index in [0.29, 0.717) is 37.8 Å². The summed E-state index contributed by atoms with van der Waals surface area (Å²) in [6.07, 6.45) is 7.58. The third-order valence-electron chi connectivity index (χ3n) is 10.2. The number of rotatable bonds is 13. The predicted octanol–water partition coefficient (Wildman–Crippen LogP) is 7.31. The average Bonchev–Trinajstić information content (AvgIpc) is 3.98. The van der Waals surface area contributed by atoms with Crippen LogP contribution in [0.15, 0.2) is 73.3 Å². The van der Waals surface area contributed by atoms with Crippen LogP contribution in [0.2, 0.25) is 25.7 Å². The zero-order valence-electron chi connectivity index (χ0n) is 35.6. The molecule has 6 aromatic heterocycles. The van der Waals surface area contributed by atoms with Gasteiger partial charge in [-0.15, -0.1) is 0 Å². The molecule has 0 saturated heterocycles. The van der Waals surface area contributed by atoms with Gasteiger partial charge in [-0.3, -0.25) is 14.2 Å². The Balaban J connectivity index is 0.000000188. The molecule has 0 fully saturated rings. The third kappa shape index (κ3) is 9.19. The van der Waals surface area contributed by atoms with E-state index in [1.54, 1.807) is 26.6 Å². The number of hydrogen-bond acceptors (Lipinski definition) is 9. The second kappa shape index (κ2) is 17.4. The average molecular weight is 829 g/mol.